The van der Waals surface area contributed by atoms with Gasteiger partial charge in [0.25, 0.3) is 0 Å². The molecule has 0 aromatic carbocycles. The predicted octanol–water partition coefficient (Wildman–Crippen LogP) is 3.10. The minimum absolute atomic E-state index is 0.113. The van der Waals surface area contributed by atoms with Crippen LogP contribution in [0.4, 0.5) is 0 Å². The van der Waals surface area contributed by atoms with E-state index < -0.39 is 0 Å². The number of hydrogen-bond donors (Lipinski definition) is 0. The molecule has 3 rings (SSSR count). The fourth-order valence-electron chi connectivity index (χ4n) is 3.66. The van der Waals surface area contributed by atoms with E-state index in [4.69, 9.17) is 4.74 Å². The molecule has 1 atom stereocenters. The van der Waals surface area contributed by atoms with Gasteiger partial charge in [-0.2, -0.15) is 0 Å². The second-order valence-corrected chi connectivity index (χ2v) is 5.96. The van der Waals surface area contributed by atoms with Crippen molar-refractivity contribution in [3.63, 3.8) is 0 Å². The van der Waals surface area contributed by atoms with Crippen molar-refractivity contribution in [1.29, 1.82) is 0 Å². The summed E-state index contributed by atoms with van der Waals surface area (Å²) in [5, 5.41) is 0. The number of rotatable bonds is 2. The second kappa shape index (κ2) is 4.14. The predicted molar refractivity (Wildman–Crippen MR) is 62.2 cm³/mol. The zero-order valence-electron chi connectivity index (χ0n) is 10.0. The summed E-state index contributed by atoms with van der Waals surface area (Å²) in [4.78, 5) is 12.3. The summed E-state index contributed by atoms with van der Waals surface area (Å²) in [6, 6.07) is 0. The molecule has 2 heteroatoms. The molecule has 3 aliphatic rings. The molecule has 2 nitrogen and oxygen atoms in total. The van der Waals surface area contributed by atoms with Crippen molar-refractivity contribution in [2.24, 2.45) is 11.8 Å². The van der Waals surface area contributed by atoms with Gasteiger partial charge in [0.05, 0.1) is 5.60 Å². The van der Waals surface area contributed by atoms with Crippen molar-refractivity contribution in [1.82, 2.24) is 0 Å². The van der Waals surface area contributed by atoms with Crippen LogP contribution in [0.5, 0.6) is 0 Å². The first kappa shape index (κ1) is 10.8. The molecule has 0 radical (unpaired) electrons. The van der Waals surface area contributed by atoms with Crippen molar-refractivity contribution in [2.45, 2.75) is 63.4 Å². The van der Waals surface area contributed by atoms with Gasteiger partial charge in [0.15, 0.2) is 0 Å². The van der Waals surface area contributed by atoms with Crippen LogP contribution in [0.25, 0.3) is 0 Å². The summed E-state index contributed by atoms with van der Waals surface area (Å²) in [7, 11) is 0. The van der Waals surface area contributed by atoms with Gasteiger partial charge in [0.1, 0.15) is 5.78 Å². The molecule has 3 fully saturated rings. The normalized spacial score (nSPS) is 33.9. The third kappa shape index (κ3) is 1.81. The molecule has 0 amide bonds. The van der Waals surface area contributed by atoms with Crippen molar-refractivity contribution in [3.8, 4) is 0 Å². The Hall–Kier alpha value is -0.370. The number of hydrogen-bond acceptors (Lipinski definition) is 2. The van der Waals surface area contributed by atoms with Gasteiger partial charge in [-0.3, -0.25) is 4.79 Å². The van der Waals surface area contributed by atoms with Crippen LogP contribution in [-0.4, -0.2) is 18.0 Å². The molecule has 0 bridgehead atoms. The highest BCUT2D eigenvalue weighted by molar-refractivity contribution is 5.84. The third-order valence-corrected chi connectivity index (χ3v) is 4.92. The lowest BCUT2D eigenvalue weighted by Gasteiger charge is -2.39. The zero-order valence-corrected chi connectivity index (χ0v) is 10.0. The lowest BCUT2D eigenvalue weighted by Crippen LogP contribution is -2.42. The van der Waals surface area contributed by atoms with E-state index in [1.54, 1.807) is 0 Å². The Morgan fingerprint density at radius 1 is 1.00 bits per heavy atom. The molecule has 1 saturated heterocycles. The van der Waals surface area contributed by atoms with E-state index in [0.29, 0.717) is 17.6 Å². The third-order valence-electron chi connectivity index (χ3n) is 4.92. The van der Waals surface area contributed by atoms with Gasteiger partial charge in [0, 0.05) is 18.4 Å². The summed E-state index contributed by atoms with van der Waals surface area (Å²) in [5.74, 6) is 1.32. The van der Waals surface area contributed by atoms with Gasteiger partial charge in [-0.1, -0.05) is 19.3 Å². The van der Waals surface area contributed by atoms with Gasteiger partial charge in [-0.25, -0.2) is 0 Å². The van der Waals surface area contributed by atoms with Gasteiger partial charge in [-0.05, 0) is 38.5 Å². The molecule has 1 spiro atoms. The Morgan fingerprint density at radius 2 is 1.75 bits per heavy atom. The first-order chi connectivity index (χ1) is 7.79. The molecular weight excluding hydrogens is 200 g/mol. The molecule has 0 N–H and O–H groups in total. The van der Waals surface area contributed by atoms with E-state index in [1.165, 1.54) is 32.1 Å². The smallest absolute Gasteiger partial charge is 0.139 e. The second-order valence-electron chi connectivity index (χ2n) is 5.96. The van der Waals surface area contributed by atoms with Crippen LogP contribution in [0.15, 0.2) is 0 Å². The topological polar surface area (TPSA) is 26.3 Å². The molecule has 1 unspecified atom stereocenters. The fourth-order valence-corrected chi connectivity index (χ4v) is 3.66. The summed E-state index contributed by atoms with van der Waals surface area (Å²) in [5.41, 5.74) is 0.113. The molecule has 1 aliphatic heterocycles. The van der Waals surface area contributed by atoms with Gasteiger partial charge in [-0.15, -0.1) is 0 Å². The van der Waals surface area contributed by atoms with Crippen LogP contribution < -0.4 is 0 Å². The van der Waals surface area contributed by atoms with Crippen LogP contribution in [0.2, 0.25) is 0 Å². The Morgan fingerprint density at radius 3 is 2.38 bits per heavy atom. The van der Waals surface area contributed by atoms with E-state index >= 15 is 0 Å². The molecular formula is C14H22O2. The Balaban J connectivity index is 1.64. The summed E-state index contributed by atoms with van der Waals surface area (Å²) >= 11 is 0. The molecule has 2 saturated carbocycles. The van der Waals surface area contributed by atoms with Crippen LogP contribution in [-0.2, 0) is 9.53 Å². The highest BCUT2D eigenvalue weighted by Gasteiger charge is 2.43. The Kier molecular flexibility index (Phi) is 2.78. The molecule has 0 aromatic heterocycles. The van der Waals surface area contributed by atoms with Crippen LogP contribution in [0, 0.1) is 11.8 Å². The van der Waals surface area contributed by atoms with Gasteiger partial charge < -0.3 is 4.74 Å². The molecule has 2 aliphatic carbocycles. The standard InChI is InChI=1S/C14H22O2/c15-13(11-4-3-5-11)12-6-9-16-14(10-12)7-1-2-8-14/h11-12H,1-10H2. The average Bonchev–Trinajstić information content (AvgIpc) is 2.64. The molecule has 0 aromatic rings. The minimum Gasteiger partial charge on any atom is -0.375 e. The first-order valence-corrected chi connectivity index (χ1v) is 6.97. The quantitative estimate of drug-likeness (QED) is 0.717. The number of Topliss-reactive ketones (excluding diaryl/α,β-unsaturated/α-hetero) is 1. The maximum Gasteiger partial charge on any atom is 0.139 e. The SMILES string of the molecule is O=C(C1CCC1)C1CCOC2(CCCC2)C1. The van der Waals surface area contributed by atoms with Gasteiger partial charge in [0.2, 0.25) is 0 Å². The van der Waals surface area contributed by atoms with Crippen molar-refractivity contribution in [2.75, 3.05) is 6.61 Å². The summed E-state index contributed by atoms with van der Waals surface area (Å²) < 4.78 is 5.99. The summed E-state index contributed by atoms with van der Waals surface area (Å²) in [6.45, 7) is 0.823. The van der Waals surface area contributed by atoms with E-state index in [0.717, 1.165) is 32.3 Å². The van der Waals surface area contributed by atoms with Crippen LogP contribution in [0.1, 0.15) is 57.8 Å². The average molecular weight is 222 g/mol. The summed E-state index contributed by atoms with van der Waals surface area (Å²) in [6.07, 6.45) is 10.6. The maximum absolute atomic E-state index is 12.3. The molecule has 1 heterocycles. The van der Waals surface area contributed by atoms with Gasteiger partial charge >= 0.3 is 0 Å². The molecule has 16 heavy (non-hydrogen) atoms. The Labute approximate surface area is 97.7 Å². The molecule has 90 valence electrons. The van der Waals surface area contributed by atoms with Crippen LogP contribution in [0.3, 0.4) is 0 Å². The number of ketones is 1. The maximum atomic E-state index is 12.3. The zero-order chi connectivity index (χ0) is 11.0. The monoisotopic (exact) mass is 222 g/mol. The van der Waals surface area contributed by atoms with Crippen molar-refractivity contribution < 1.29 is 9.53 Å². The Bertz CT molecular complexity index is 274. The number of carbonyl (C=O) groups excluding carboxylic acids is 1. The largest absolute Gasteiger partial charge is 0.375 e. The van der Waals surface area contributed by atoms with E-state index in [-0.39, 0.29) is 5.60 Å². The highest BCUT2D eigenvalue weighted by atomic mass is 16.5. The van der Waals surface area contributed by atoms with E-state index in [9.17, 15) is 4.79 Å². The number of carbonyl (C=O) groups is 1. The first-order valence-electron chi connectivity index (χ1n) is 6.97. The van der Waals surface area contributed by atoms with Crippen LogP contribution >= 0.6 is 0 Å². The lowest BCUT2D eigenvalue weighted by molar-refractivity contribution is -0.142. The number of ether oxygens (including phenoxy) is 1. The van der Waals surface area contributed by atoms with E-state index in [1.807, 2.05) is 0 Å². The fraction of sp³-hybridized carbons (Fsp3) is 0.929. The minimum atomic E-state index is 0.113. The lowest BCUT2D eigenvalue weighted by atomic mass is 9.73. The van der Waals surface area contributed by atoms with Crippen molar-refractivity contribution in [3.05, 3.63) is 0 Å². The van der Waals surface area contributed by atoms with E-state index in [2.05, 4.69) is 0 Å². The van der Waals surface area contributed by atoms with Crippen molar-refractivity contribution >= 4 is 5.78 Å². The highest BCUT2D eigenvalue weighted by Crippen LogP contribution is 2.44.